The minimum atomic E-state index is -3.28. The van der Waals surface area contributed by atoms with E-state index < -0.39 is 41.1 Å². The minimum Gasteiger partial charge on any atom is -0.432 e. The van der Waals surface area contributed by atoms with Gasteiger partial charge in [0, 0.05) is 11.1 Å². The number of benzene rings is 4. The summed E-state index contributed by atoms with van der Waals surface area (Å²) in [5, 5.41) is 0. The Bertz CT molecular complexity index is 1570. The Kier molecular flexibility index (Phi) is 9.66. The monoisotopic (exact) mass is 614 g/mol. The Labute approximate surface area is 252 Å². The molecule has 0 aromatic heterocycles. The maximum Gasteiger partial charge on any atom is 0.400 e. The van der Waals surface area contributed by atoms with Crippen LogP contribution in [0.3, 0.4) is 0 Å². The van der Waals surface area contributed by atoms with Crippen LogP contribution in [0.1, 0.15) is 58.3 Å². The number of ether oxygens (including phenoxy) is 1. The topological polar surface area (TPSA) is 9.23 Å². The van der Waals surface area contributed by atoms with E-state index >= 15 is 4.39 Å². The number of unbranched alkanes of at least 4 members (excludes halogenated alkanes) is 2. The van der Waals surface area contributed by atoms with Gasteiger partial charge in [0.1, 0.15) is 17.4 Å². The van der Waals surface area contributed by atoms with Crippen LogP contribution in [0.25, 0.3) is 33.4 Å². The fourth-order valence-electron chi connectivity index (χ4n) is 5.98. The zero-order valence-electron chi connectivity index (χ0n) is 24.3. The van der Waals surface area contributed by atoms with Crippen LogP contribution in [0.15, 0.2) is 72.8 Å². The first-order valence-corrected chi connectivity index (χ1v) is 15.0. The summed E-state index contributed by atoms with van der Waals surface area (Å²) in [5.74, 6) is -6.38. The first-order valence-electron chi connectivity index (χ1n) is 15.0. The van der Waals surface area contributed by atoms with E-state index in [-0.39, 0.29) is 28.0 Å². The summed E-state index contributed by atoms with van der Waals surface area (Å²) in [6.07, 6.45) is 3.73. The van der Waals surface area contributed by atoms with Crippen molar-refractivity contribution in [1.29, 1.82) is 0 Å². The van der Waals surface area contributed by atoms with Crippen molar-refractivity contribution in [3.63, 3.8) is 0 Å². The molecule has 0 amide bonds. The Morgan fingerprint density at radius 3 is 1.73 bits per heavy atom. The number of alkyl halides is 2. The molecule has 8 heteroatoms. The zero-order chi connectivity index (χ0) is 31.4. The van der Waals surface area contributed by atoms with Gasteiger partial charge in [-0.2, -0.15) is 8.78 Å². The largest absolute Gasteiger partial charge is 0.432 e. The summed E-state index contributed by atoms with van der Waals surface area (Å²) in [5.41, 5.74) is 0.929. The lowest BCUT2D eigenvalue weighted by atomic mass is 9.79. The van der Waals surface area contributed by atoms with Crippen molar-refractivity contribution >= 4 is 0 Å². The van der Waals surface area contributed by atoms with E-state index in [1.165, 1.54) is 42.8 Å². The average Bonchev–Trinajstić information content (AvgIpc) is 3.00. The molecule has 0 heterocycles. The third kappa shape index (κ3) is 7.11. The molecule has 0 bridgehead atoms. The summed E-state index contributed by atoms with van der Waals surface area (Å²) < 4.78 is 106. The van der Waals surface area contributed by atoms with E-state index in [1.54, 1.807) is 18.2 Å². The van der Waals surface area contributed by atoms with Gasteiger partial charge in [-0.1, -0.05) is 69.0 Å². The molecule has 0 saturated heterocycles. The van der Waals surface area contributed by atoms with E-state index in [1.807, 2.05) is 0 Å². The summed E-state index contributed by atoms with van der Waals surface area (Å²) in [4.78, 5) is 0. The van der Waals surface area contributed by atoms with Gasteiger partial charge in [-0.15, -0.1) is 0 Å². The SMILES string of the molecule is CCCCCC1CCC(C(F)(F)Oc2ccc(-c3ccc(-c4ccc(-c5cc(F)c(F)c(F)c5)c(F)c4)c(F)c3)cc2)CC1. The molecule has 0 unspecified atom stereocenters. The lowest BCUT2D eigenvalue weighted by molar-refractivity contribution is -0.223. The zero-order valence-corrected chi connectivity index (χ0v) is 24.3. The standard InChI is InChI=1S/C36H33F7O/c1-2-3-4-5-22-6-12-27(13-7-22)36(42,43)44-28-14-8-23(9-15-28)24-10-16-29(31(37)18-24)25-11-17-30(32(38)19-25)26-20-33(39)35(41)34(40)21-26/h8-11,14-22,27H,2-7,12-13H2,1H3. The third-order valence-corrected chi connectivity index (χ3v) is 8.52. The summed E-state index contributed by atoms with van der Waals surface area (Å²) in [6.45, 7) is 2.15. The Morgan fingerprint density at radius 2 is 1.14 bits per heavy atom. The van der Waals surface area contributed by atoms with Crippen molar-refractivity contribution in [1.82, 2.24) is 0 Å². The highest BCUT2D eigenvalue weighted by Crippen LogP contribution is 2.41. The number of rotatable bonds is 10. The molecule has 5 rings (SSSR count). The highest BCUT2D eigenvalue weighted by atomic mass is 19.3. The van der Waals surface area contributed by atoms with Crippen LogP contribution in [0.5, 0.6) is 5.75 Å². The molecule has 1 aliphatic rings. The molecule has 1 fully saturated rings. The summed E-state index contributed by atoms with van der Waals surface area (Å²) >= 11 is 0. The van der Waals surface area contributed by atoms with Crippen LogP contribution >= 0.6 is 0 Å². The maximum absolute atomic E-state index is 15.2. The number of hydrogen-bond donors (Lipinski definition) is 0. The van der Waals surface area contributed by atoms with Crippen molar-refractivity contribution in [2.24, 2.45) is 11.8 Å². The molecule has 1 aliphatic carbocycles. The van der Waals surface area contributed by atoms with E-state index in [2.05, 4.69) is 6.92 Å². The molecule has 0 spiro atoms. The predicted molar refractivity (Wildman–Crippen MR) is 158 cm³/mol. The fraction of sp³-hybridized carbons (Fsp3) is 0.333. The van der Waals surface area contributed by atoms with Gasteiger partial charge in [0.05, 0.1) is 5.92 Å². The maximum atomic E-state index is 15.2. The smallest absolute Gasteiger partial charge is 0.400 e. The van der Waals surface area contributed by atoms with Crippen LogP contribution in [0, 0.1) is 40.9 Å². The highest BCUT2D eigenvalue weighted by Gasteiger charge is 2.43. The van der Waals surface area contributed by atoms with Crippen LogP contribution < -0.4 is 4.74 Å². The quantitative estimate of drug-likeness (QED) is 0.0981. The molecule has 0 radical (unpaired) electrons. The second kappa shape index (κ2) is 13.4. The van der Waals surface area contributed by atoms with Crippen LogP contribution in [0.2, 0.25) is 0 Å². The first kappa shape index (κ1) is 31.6. The van der Waals surface area contributed by atoms with Crippen LogP contribution in [0.4, 0.5) is 30.7 Å². The van der Waals surface area contributed by atoms with E-state index in [0.717, 1.165) is 38.2 Å². The molecular formula is C36H33F7O. The molecule has 4 aromatic carbocycles. The van der Waals surface area contributed by atoms with Crippen molar-refractivity contribution in [3.8, 4) is 39.1 Å². The first-order chi connectivity index (χ1) is 21.1. The summed E-state index contributed by atoms with van der Waals surface area (Å²) in [6, 6.07) is 15.3. The molecule has 44 heavy (non-hydrogen) atoms. The molecule has 1 saturated carbocycles. The highest BCUT2D eigenvalue weighted by molar-refractivity contribution is 5.74. The van der Waals surface area contributed by atoms with Crippen molar-refractivity contribution in [2.75, 3.05) is 0 Å². The summed E-state index contributed by atoms with van der Waals surface area (Å²) in [7, 11) is 0. The van der Waals surface area contributed by atoms with Gasteiger partial charge < -0.3 is 4.74 Å². The van der Waals surface area contributed by atoms with E-state index in [9.17, 15) is 26.3 Å². The second-order valence-electron chi connectivity index (χ2n) is 11.5. The molecule has 4 aromatic rings. The van der Waals surface area contributed by atoms with Crippen molar-refractivity contribution < 1.29 is 35.5 Å². The fourth-order valence-corrected chi connectivity index (χ4v) is 5.98. The predicted octanol–water partition coefficient (Wildman–Crippen LogP) is 11.7. The third-order valence-electron chi connectivity index (χ3n) is 8.52. The Morgan fingerprint density at radius 1 is 0.614 bits per heavy atom. The van der Waals surface area contributed by atoms with Crippen LogP contribution in [-0.2, 0) is 0 Å². The molecule has 0 N–H and O–H groups in total. The van der Waals surface area contributed by atoms with E-state index in [4.69, 9.17) is 4.74 Å². The Balaban J connectivity index is 1.25. The molecule has 232 valence electrons. The lowest BCUT2D eigenvalue weighted by Crippen LogP contribution is -2.37. The van der Waals surface area contributed by atoms with Gasteiger partial charge in [-0.25, -0.2) is 22.0 Å². The van der Waals surface area contributed by atoms with E-state index in [0.29, 0.717) is 42.0 Å². The second-order valence-corrected chi connectivity index (χ2v) is 11.5. The number of hydrogen-bond acceptors (Lipinski definition) is 1. The van der Waals surface area contributed by atoms with Gasteiger partial charge >= 0.3 is 6.11 Å². The average molecular weight is 615 g/mol. The molecular weight excluding hydrogens is 581 g/mol. The molecule has 1 nitrogen and oxygen atoms in total. The Hall–Kier alpha value is -3.81. The van der Waals surface area contributed by atoms with Gasteiger partial charge in [0.15, 0.2) is 17.5 Å². The van der Waals surface area contributed by atoms with Gasteiger partial charge in [-0.3, -0.25) is 0 Å². The van der Waals surface area contributed by atoms with Crippen molar-refractivity contribution in [2.45, 2.75) is 64.4 Å². The minimum absolute atomic E-state index is 0.0254. The molecule has 0 atom stereocenters. The van der Waals surface area contributed by atoms with Gasteiger partial charge in [0.2, 0.25) is 0 Å². The van der Waals surface area contributed by atoms with Gasteiger partial charge in [0.25, 0.3) is 0 Å². The van der Waals surface area contributed by atoms with Gasteiger partial charge in [-0.05, 0) is 90.3 Å². The van der Waals surface area contributed by atoms with Crippen LogP contribution in [-0.4, -0.2) is 6.11 Å². The molecule has 0 aliphatic heterocycles. The van der Waals surface area contributed by atoms with Crippen molar-refractivity contribution in [3.05, 3.63) is 102 Å². The number of halogens is 7. The normalized spacial score (nSPS) is 17.1. The lowest BCUT2D eigenvalue weighted by Gasteiger charge is -2.33.